The fourth-order valence-corrected chi connectivity index (χ4v) is 3.19. The van der Waals surface area contributed by atoms with E-state index in [1.54, 1.807) is 0 Å². The van der Waals surface area contributed by atoms with E-state index in [4.69, 9.17) is 0 Å². The summed E-state index contributed by atoms with van der Waals surface area (Å²) >= 11 is 0. The van der Waals surface area contributed by atoms with Gasteiger partial charge in [-0.25, -0.2) is 13.1 Å². The molecule has 0 heterocycles. The van der Waals surface area contributed by atoms with Crippen molar-refractivity contribution in [2.45, 2.75) is 52.5 Å². The minimum Gasteiger partial charge on any atom is -0.320 e. The smallest absolute Gasteiger partial charge is 0.211 e. The molecule has 0 aromatic heterocycles. The van der Waals surface area contributed by atoms with Crippen molar-refractivity contribution < 1.29 is 8.42 Å². The maximum Gasteiger partial charge on any atom is 0.211 e. The highest BCUT2D eigenvalue weighted by Crippen LogP contribution is 2.10. The maximum atomic E-state index is 11.7. The zero-order valence-corrected chi connectivity index (χ0v) is 12.4. The molecule has 0 aromatic rings. The van der Waals surface area contributed by atoms with Crippen LogP contribution in [-0.4, -0.2) is 33.8 Å². The molecule has 0 rings (SSSR count). The van der Waals surface area contributed by atoms with Gasteiger partial charge in [0.15, 0.2) is 0 Å². The topological polar surface area (TPSA) is 58.2 Å². The molecule has 0 aliphatic carbocycles. The Morgan fingerprint density at radius 2 is 1.82 bits per heavy atom. The number of nitrogens with one attached hydrogen (secondary N) is 2. The predicted molar refractivity (Wildman–Crippen MR) is 73.6 cm³/mol. The summed E-state index contributed by atoms with van der Waals surface area (Å²) in [7, 11) is -1.22. The minimum absolute atomic E-state index is 0.0410. The van der Waals surface area contributed by atoms with Gasteiger partial charge in [-0.2, -0.15) is 0 Å². The molecule has 0 fully saturated rings. The SMILES string of the molecule is CCC(C)CC(C)NS(=O)(=O)CCCCNC. The largest absolute Gasteiger partial charge is 0.320 e. The number of hydrogen-bond donors (Lipinski definition) is 2. The lowest BCUT2D eigenvalue weighted by Gasteiger charge is -2.17. The van der Waals surface area contributed by atoms with Gasteiger partial charge < -0.3 is 5.32 Å². The molecule has 4 nitrogen and oxygen atoms in total. The molecule has 5 heteroatoms. The van der Waals surface area contributed by atoms with Crippen LogP contribution in [0.1, 0.15) is 46.5 Å². The Kier molecular flexibility index (Phi) is 8.82. The van der Waals surface area contributed by atoms with Crippen LogP contribution >= 0.6 is 0 Å². The number of sulfonamides is 1. The van der Waals surface area contributed by atoms with Gasteiger partial charge in [0, 0.05) is 6.04 Å². The molecule has 0 amide bonds. The van der Waals surface area contributed by atoms with Crippen LogP contribution in [0.3, 0.4) is 0 Å². The lowest BCUT2D eigenvalue weighted by Crippen LogP contribution is -2.35. The first-order valence-electron chi connectivity index (χ1n) is 6.55. The van der Waals surface area contributed by atoms with Gasteiger partial charge in [0.05, 0.1) is 5.75 Å². The van der Waals surface area contributed by atoms with E-state index in [0.29, 0.717) is 12.3 Å². The molecule has 104 valence electrons. The molecule has 0 saturated heterocycles. The summed E-state index contributed by atoms with van der Waals surface area (Å²) in [6.07, 6.45) is 3.61. The van der Waals surface area contributed by atoms with Crippen LogP contribution in [0.15, 0.2) is 0 Å². The minimum atomic E-state index is -3.09. The van der Waals surface area contributed by atoms with E-state index in [2.05, 4.69) is 23.9 Å². The van der Waals surface area contributed by atoms with Gasteiger partial charge in [0.1, 0.15) is 0 Å². The molecule has 0 aromatic carbocycles. The zero-order valence-electron chi connectivity index (χ0n) is 11.6. The normalized spacial score (nSPS) is 15.8. The van der Waals surface area contributed by atoms with E-state index < -0.39 is 10.0 Å². The molecule has 2 N–H and O–H groups in total. The van der Waals surface area contributed by atoms with Crippen molar-refractivity contribution in [2.24, 2.45) is 5.92 Å². The van der Waals surface area contributed by atoms with Crippen LogP contribution in [0.5, 0.6) is 0 Å². The molecule has 0 saturated carbocycles. The predicted octanol–water partition coefficient (Wildman–Crippen LogP) is 1.73. The molecule has 2 atom stereocenters. The Morgan fingerprint density at radius 1 is 1.18 bits per heavy atom. The Balaban J connectivity index is 3.90. The first-order chi connectivity index (χ1) is 7.91. The third kappa shape index (κ3) is 9.56. The van der Waals surface area contributed by atoms with Gasteiger partial charge in [-0.15, -0.1) is 0 Å². The van der Waals surface area contributed by atoms with Crippen molar-refractivity contribution in [1.29, 1.82) is 0 Å². The Hall–Kier alpha value is -0.130. The number of rotatable bonds is 10. The first-order valence-corrected chi connectivity index (χ1v) is 8.21. The molecule has 0 bridgehead atoms. The summed E-state index contributed by atoms with van der Waals surface area (Å²) in [5.74, 6) is 0.802. The molecular formula is C12H28N2O2S. The van der Waals surface area contributed by atoms with Crippen LogP contribution in [-0.2, 0) is 10.0 Å². The van der Waals surface area contributed by atoms with Gasteiger partial charge in [-0.1, -0.05) is 20.3 Å². The lowest BCUT2D eigenvalue weighted by molar-refractivity contribution is 0.445. The van der Waals surface area contributed by atoms with Crippen molar-refractivity contribution in [2.75, 3.05) is 19.3 Å². The van der Waals surface area contributed by atoms with E-state index in [9.17, 15) is 8.42 Å². The molecule has 17 heavy (non-hydrogen) atoms. The fourth-order valence-electron chi connectivity index (χ4n) is 1.78. The van der Waals surface area contributed by atoms with Crippen LogP contribution in [0, 0.1) is 5.92 Å². The summed E-state index contributed by atoms with van der Waals surface area (Å²) in [4.78, 5) is 0. The Morgan fingerprint density at radius 3 is 2.35 bits per heavy atom. The van der Waals surface area contributed by atoms with E-state index in [1.807, 2.05) is 14.0 Å². The van der Waals surface area contributed by atoms with Gasteiger partial charge in [0.2, 0.25) is 10.0 Å². The second kappa shape index (κ2) is 8.89. The van der Waals surface area contributed by atoms with Gasteiger partial charge in [0.25, 0.3) is 0 Å². The average Bonchev–Trinajstić information content (AvgIpc) is 2.23. The third-order valence-electron chi connectivity index (χ3n) is 2.92. The summed E-state index contributed by atoms with van der Waals surface area (Å²) in [5, 5.41) is 3.01. The molecular weight excluding hydrogens is 236 g/mol. The Labute approximate surface area is 107 Å². The Bertz CT molecular complexity index is 278. The highest BCUT2D eigenvalue weighted by molar-refractivity contribution is 7.89. The standard InChI is InChI=1S/C12H28N2O2S/c1-5-11(2)10-12(3)14-17(15,16)9-7-6-8-13-4/h11-14H,5-10H2,1-4H3. The summed E-state index contributed by atoms with van der Waals surface area (Å²) in [5.41, 5.74) is 0. The van der Waals surface area contributed by atoms with E-state index >= 15 is 0 Å². The molecule has 0 spiro atoms. The van der Waals surface area contributed by atoms with Crippen LogP contribution in [0.2, 0.25) is 0 Å². The zero-order chi connectivity index (χ0) is 13.3. The van der Waals surface area contributed by atoms with Crippen LogP contribution in [0.4, 0.5) is 0 Å². The van der Waals surface area contributed by atoms with Gasteiger partial charge >= 0.3 is 0 Å². The fraction of sp³-hybridized carbons (Fsp3) is 1.00. The van der Waals surface area contributed by atoms with E-state index in [0.717, 1.165) is 25.8 Å². The highest BCUT2D eigenvalue weighted by atomic mass is 32.2. The number of hydrogen-bond acceptors (Lipinski definition) is 3. The molecule has 0 radical (unpaired) electrons. The van der Waals surface area contributed by atoms with Crippen molar-refractivity contribution in [3.8, 4) is 0 Å². The summed E-state index contributed by atoms with van der Waals surface area (Å²) in [6, 6.07) is 0.0410. The van der Waals surface area contributed by atoms with Crippen molar-refractivity contribution >= 4 is 10.0 Å². The first kappa shape index (κ1) is 16.9. The molecule has 0 aliphatic heterocycles. The van der Waals surface area contributed by atoms with E-state index in [-0.39, 0.29) is 11.8 Å². The average molecular weight is 264 g/mol. The third-order valence-corrected chi connectivity index (χ3v) is 4.51. The second-order valence-corrected chi connectivity index (χ2v) is 6.77. The molecule has 0 aliphatic rings. The van der Waals surface area contributed by atoms with Crippen LogP contribution < -0.4 is 10.0 Å². The van der Waals surface area contributed by atoms with Crippen molar-refractivity contribution in [3.05, 3.63) is 0 Å². The second-order valence-electron chi connectivity index (χ2n) is 4.90. The maximum absolute atomic E-state index is 11.7. The quantitative estimate of drug-likeness (QED) is 0.591. The highest BCUT2D eigenvalue weighted by Gasteiger charge is 2.15. The summed E-state index contributed by atoms with van der Waals surface area (Å²) in [6.45, 7) is 7.09. The van der Waals surface area contributed by atoms with E-state index in [1.165, 1.54) is 0 Å². The number of unbranched alkanes of at least 4 members (excludes halogenated alkanes) is 1. The molecule has 2 unspecified atom stereocenters. The van der Waals surface area contributed by atoms with Crippen molar-refractivity contribution in [3.63, 3.8) is 0 Å². The van der Waals surface area contributed by atoms with Gasteiger partial charge in [-0.3, -0.25) is 0 Å². The van der Waals surface area contributed by atoms with Crippen LogP contribution in [0.25, 0.3) is 0 Å². The lowest BCUT2D eigenvalue weighted by atomic mass is 10.0. The van der Waals surface area contributed by atoms with Gasteiger partial charge in [-0.05, 0) is 45.7 Å². The monoisotopic (exact) mass is 264 g/mol. The summed E-state index contributed by atoms with van der Waals surface area (Å²) < 4.78 is 26.2. The van der Waals surface area contributed by atoms with Crippen molar-refractivity contribution in [1.82, 2.24) is 10.0 Å².